The molecule has 1 aromatic rings. The molecule has 86 valence electrons. The van der Waals surface area contributed by atoms with Crippen molar-refractivity contribution in [1.82, 2.24) is 4.98 Å². The molecule has 0 saturated carbocycles. The number of thiazole rings is 1. The van der Waals surface area contributed by atoms with Crippen molar-refractivity contribution in [3.63, 3.8) is 0 Å². The SMILES string of the molecule is Cc1ncsc1CCC(C)(CBr)C(C)C. The summed E-state index contributed by atoms with van der Waals surface area (Å²) in [7, 11) is 0. The van der Waals surface area contributed by atoms with Gasteiger partial charge in [-0.1, -0.05) is 36.7 Å². The highest BCUT2D eigenvalue weighted by Gasteiger charge is 2.26. The van der Waals surface area contributed by atoms with Crippen molar-refractivity contribution in [3.8, 4) is 0 Å². The van der Waals surface area contributed by atoms with Gasteiger partial charge in [-0.15, -0.1) is 11.3 Å². The van der Waals surface area contributed by atoms with Crippen molar-refractivity contribution in [1.29, 1.82) is 0 Å². The summed E-state index contributed by atoms with van der Waals surface area (Å²) >= 11 is 5.43. The van der Waals surface area contributed by atoms with Gasteiger partial charge in [-0.05, 0) is 31.1 Å². The fraction of sp³-hybridized carbons (Fsp3) is 0.750. The van der Waals surface area contributed by atoms with E-state index in [4.69, 9.17) is 0 Å². The lowest BCUT2D eigenvalue weighted by molar-refractivity contribution is 0.239. The van der Waals surface area contributed by atoms with Crippen LogP contribution in [-0.2, 0) is 6.42 Å². The van der Waals surface area contributed by atoms with Crippen LogP contribution in [0.1, 0.15) is 37.8 Å². The van der Waals surface area contributed by atoms with E-state index in [2.05, 4.69) is 48.6 Å². The molecule has 0 saturated heterocycles. The van der Waals surface area contributed by atoms with Gasteiger partial charge in [0.05, 0.1) is 11.2 Å². The second-order valence-corrected chi connectivity index (χ2v) is 6.30. The Morgan fingerprint density at radius 1 is 1.53 bits per heavy atom. The van der Waals surface area contributed by atoms with E-state index in [9.17, 15) is 0 Å². The van der Waals surface area contributed by atoms with Crippen molar-refractivity contribution in [2.24, 2.45) is 11.3 Å². The maximum Gasteiger partial charge on any atom is 0.0797 e. The second kappa shape index (κ2) is 5.44. The molecule has 1 rings (SSSR count). The first-order valence-corrected chi connectivity index (χ1v) is 7.44. The maximum absolute atomic E-state index is 4.29. The fourth-order valence-corrected chi connectivity index (χ4v) is 3.18. The Morgan fingerprint density at radius 3 is 2.60 bits per heavy atom. The van der Waals surface area contributed by atoms with E-state index < -0.39 is 0 Å². The number of alkyl halides is 1. The third-order valence-electron chi connectivity index (χ3n) is 3.47. The molecule has 1 aromatic heterocycles. The van der Waals surface area contributed by atoms with Crippen molar-refractivity contribution >= 4 is 27.3 Å². The summed E-state index contributed by atoms with van der Waals surface area (Å²) in [6.45, 7) is 9.08. The van der Waals surface area contributed by atoms with E-state index in [1.54, 1.807) is 11.3 Å². The Bertz CT molecular complexity index is 308. The van der Waals surface area contributed by atoms with Gasteiger partial charge in [-0.25, -0.2) is 4.98 Å². The molecule has 0 aliphatic heterocycles. The first-order chi connectivity index (χ1) is 6.99. The van der Waals surface area contributed by atoms with Crippen LogP contribution in [-0.4, -0.2) is 10.3 Å². The number of aryl methyl sites for hydroxylation is 2. The summed E-state index contributed by atoms with van der Waals surface area (Å²) < 4.78 is 0. The number of nitrogens with zero attached hydrogens (tertiary/aromatic N) is 1. The average molecular weight is 290 g/mol. The molecule has 1 unspecified atom stereocenters. The fourth-order valence-electron chi connectivity index (χ4n) is 1.48. The lowest BCUT2D eigenvalue weighted by Crippen LogP contribution is -2.26. The molecule has 1 nitrogen and oxygen atoms in total. The molecule has 0 radical (unpaired) electrons. The van der Waals surface area contributed by atoms with Gasteiger partial charge in [-0.3, -0.25) is 0 Å². The standard InChI is InChI=1S/C12H20BrNS/c1-9(2)12(4,7-13)6-5-11-10(3)14-8-15-11/h8-9H,5-7H2,1-4H3. The van der Waals surface area contributed by atoms with Crippen LogP contribution in [0, 0.1) is 18.3 Å². The lowest BCUT2D eigenvalue weighted by atomic mass is 9.77. The number of rotatable bonds is 5. The van der Waals surface area contributed by atoms with Crippen molar-refractivity contribution in [2.75, 3.05) is 5.33 Å². The molecular weight excluding hydrogens is 270 g/mol. The van der Waals surface area contributed by atoms with Gasteiger partial charge in [-0.2, -0.15) is 0 Å². The second-order valence-electron chi connectivity index (χ2n) is 4.80. The molecule has 0 aliphatic carbocycles. The molecule has 1 atom stereocenters. The normalized spacial score (nSPS) is 15.6. The predicted molar refractivity (Wildman–Crippen MR) is 71.9 cm³/mol. The summed E-state index contributed by atoms with van der Waals surface area (Å²) in [6.07, 6.45) is 2.40. The highest BCUT2D eigenvalue weighted by Crippen LogP contribution is 2.35. The highest BCUT2D eigenvalue weighted by molar-refractivity contribution is 9.09. The zero-order valence-electron chi connectivity index (χ0n) is 10.0. The Balaban J connectivity index is 2.59. The molecule has 0 aromatic carbocycles. The van der Waals surface area contributed by atoms with E-state index in [-0.39, 0.29) is 0 Å². The van der Waals surface area contributed by atoms with Crippen LogP contribution < -0.4 is 0 Å². The minimum Gasteiger partial charge on any atom is -0.250 e. The minimum absolute atomic E-state index is 0.399. The molecule has 3 heteroatoms. The zero-order chi connectivity index (χ0) is 11.5. The zero-order valence-corrected chi connectivity index (χ0v) is 12.4. The number of aromatic nitrogens is 1. The Kier molecular flexibility index (Phi) is 4.78. The van der Waals surface area contributed by atoms with Crippen LogP contribution in [0.5, 0.6) is 0 Å². The molecule has 15 heavy (non-hydrogen) atoms. The lowest BCUT2D eigenvalue weighted by Gasteiger charge is -2.31. The Labute approximate surface area is 105 Å². The average Bonchev–Trinajstić information content (AvgIpc) is 2.60. The molecule has 0 bridgehead atoms. The number of hydrogen-bond acceptors (Lipinski definition) is 2. The van der Waals surface area contributed by atoms with Gasteiger partial charge in [0.25, 0.3) is 0 Å². The summed E-state index contributed by atoms with van der Waals surface area (Å²) in [5.41, 5.74) is 3.56. The van der Waals surface area contributed by atoms with Gasteiger partial charge in [0, 0.05) is 10.2 Å². The summed E-state index contributed by atoms with van der Waals surface area (Å²) in [4.78, 5) is 5.74. The van der Waals surface area contributed by atoms with Gasteiger partial charge >= 0.3 is 0 Å². The summed E-state index contributed by atoms with van der Waals surface area (Å²) in [5.74, 6) is 0.713. The molecule has 0 aliphatic rings. The van der Waals surface area contributed by atoms with Crippen LogP contribution in [0.15, 0.2) is 5.51 Å². The van der Waals surface area contributed by atoms with E-state index in [1.807, 2.05) is 5.51 Å². The van der Waals surface area contributed by atoms with Gasteiger partial charge < -0.3 is 0 Å². The van der Waals surface area contributed by atoms with Crippen LogP contribution >= 0.6 is 27.3 Å². The monoisotopic (exact) mass is 289 g/mol. The topological polar surface area (TPSA) is 12.9 Å². The summed E-state index contributed by atoms with van der Waals surface area (Å²) in [6, 6.07) is 0. The van der Waals surface area contributed by atoms with E-state index in [1.165, 1.54) is 17.0 Å². The number of halogens is 1. The van der Waals surface area contributed by atoms with E-state index >= 15 is 0 Å². The highest BCUT2D eigenvalue weighted by atomic mass is 79.9. The van der Waals surface area contributed by atoms with Crippen molar-refractivity contribution < 1.29 is 0 Å². The molecule has 0 amide bonds. The molecule has 0 N–H and O–H groups in total. The van der Waals surface area contributed by atoms with Crippen LogP contribution in [0.4, 0.5) is 0 Å². The Hall–Kier alpha value is 0.110. The first kappa shape index (κ1) is 13.2. The Morgan fingerprint density at radius 2 is 2.20 bits per heavy atom. The van der Waals surface area contributed by atoms with Crippen LogP contribution in [0.3, 0.4) is 0 Å². The smallest absolute Gasteiger partial charge is 0.0797 e. The van der Waals surface area contributed by atoms with E-state index in [0.717, 1.165) is 11.8 Å². The largest absolute Gasteiger partial charge is 0.250 e. The summed E-state index contributed by atoms with van der Waals surface area (Å²) in [5, 5.41) is 1.08. The van der Waals surface area contributed by atoms with Crippen LogP contribution in [0.25, 0.3) is 0 Å². The van der Waals surface area contributed by atoms with Gasteiger partial charge in [0.15, 0.2) is 0 Å². The quantitative estimate of drug-likeness (QED) is 0.730. The van der Waals surface area contributed by atoms with Gasteiger partial charge in [0.1, 0.15) is 0 Å². The molecular formula is C12H20BrNS. The van der Waals surface area contributed by atoms with Crippen molar-refractivity contribution in [3.05, 3.63) is 16.1 Å². The maximum atomic E-state index is 4.29. The van der Waals surface area contributed by atoms with Gasteiger partial charge in [0.2, 0.25) is 0 Å². The minimum atomic E-state index is 0.399. The van der Waals surface area contributed by atoms with Crippen LogP contribution in [0.2, 0.25) is 0 Å². The van der Waals surface area contributed by atoms with Crippen molar-refractivity contribution in [2.45, 2.75) is 40.5 Å². The third kappa shape index (κ3) is 3.28. The molecule has 1 heterocycles. The molecule has 0 spiro atoms. The predicted octanol–water partition coefficient (Wildman–Crippen LogP) is 4.44. The van der Waals surface area contributed by atoms with E-state index in [0.29, 0.717) is 11.3 Å². The molecule has 0 fully saturated rings. The first-order valence-electron chi connectivity index (χ1n) is 5.44. The number of hydrogen-bond donors (Lipinski definition) is 0. The third-order valence-corrected chi connectivity index (χ3v) is 5.74.